The van der Waals surface area contributed by atoms with Gasteiger partial charge in [-0.15, -0.1) is 11.3 Å². The van der Waals surface area contributed by atoms with Crippen molar-refractivity contribution in [1.29, 1.82) is 0 Å². The molecule has 3 aromatic heterocycles. The zero-order chi connectivity index (χ0) is 15.5. The topological polar surface area (TPSA) is 79.9 Å². The zero-order valence-electron chi connectivity index (χ0n) is 12.1. The van der Waals surface area contributed by atoms with Gasteiger partial charge >= 0.3 is 0 Å². The summed E-state index contributed by atoms with van der Waals surface area (Å²) in [5, 5.41) is 11.7. The molecular formula is C15H14N4O2S. The molecule has 0 aliphatic carbocycles. The van der Waals surface area contributed by atoms with Crippen molar-refractivity contribution < 1.29 is 9.53 Å². The van der Waals surface area contributed by atoms with Crippen molar-refractivity contribution in [2.45, 2.75) is 6.92 Å². The highest BCUT2D eigenvalue weighted by atomic mass is 32.1. The van der Waals surface area contributed by atoms with Gasteiger partial charge in [0.25, 0.3) is 5.91 Å². The van der Waals surface area contributed by atoms with Crippen molar-refractivity contribution in [1.82, 2.24) is 15.2 Å². The van der Waals surface area contributed by atoms with Crippen LogP contribution in [0.4, 0.5) is 5.82 Å². The molecule has 112 valence electrons. The van der Waals surface area contributed by atoms with Crippen LogP contribution in [0.3, 0.4) is 0 Å². The normalized spacial score (nSPS) is 10.5. The first kappa shape index (κ1) is 14.3. The third kappa shape index (κ3) is 2.71. The number of hydrogen-bond donors (Lipinski definition) is 2. The first-order chi connectivity index (χ1) is 10.7. The van der Waals surface area contributed by atoms with E-state index in [4.69, 9.17) is 4.74 Å². The molecule has 0 saturated heterocycles. The highest BCUT2D eigenvalue weighted by molar-refractivity contribution is 7.12. The second-order valence-electron chi connectivity index (χ2n) is 4.61. The van der Waals surface area contributed by atoms with Crippen LogP contribution in [0.25, 0.3) is 11.3 Å². The quantitative estimate of drug-likeness (QED) is 0.775. The van der Waals surface area contributed by atoms with Gasteiger partial charge in [-0.1, -0.05) is 0 Å². The van der Waals surface area contributed by atoms with Crippen LogP contribution in [0.1, 0.15) is 15.2 Å². The van der Waals surface area contributed by atoms with Crippen LogP contribution in [-0.2, 0) is 0 Å². The molecule has 22 heavy (non-hydrogen) atoms. The summed E-state index contributed by atoms with van der Waals surface area (Å²) in [6.07, 6.45) is 3.43. The number of nitrogens with zero attached hydrogens (tertiary/aromatic N) is 2. The van der Waals surface area contributed by atoms with Crippen LogP contribution in [0.2, 0.25) is 0 Å². The van der Waals surface area contributed by atoms with Gasteiger partial charge in [0.05, 0.1) is 17.7 Å². The maximum Gasteiger partial charge on any atom is 0.267 e. The Morgan fingerprint density at radius 1 is 1.36 bits per heavy atom. The van der Waals surface area contributed by atoms with Gasteiger partial charge in [0.2, 0.25) is 0 Å². The Balaban J connectivity index is 1.82. The van der Waals surface area contributed by atoms with E-state index in [0.717, 1.165) is 16.8 Å². The Morgan fingerprint density at radius 3 is 2.82 bits per heavy atom. The van der Waals surface area contributed by atoms with E-state index < -0.39 is 0 Å². The Hall–Kier alpha value is -2.67. The third-order valence-corrected chi connectivity index (χ3v) is 4.15. The molecule has 0 aromatic carbocycles. The molecule has 0 saturated carbocycles. The summed E-state index contributed by atoms with van der Waals surface area (Å²) in [5.41, 5.74) is 2.71. The Bertz CT molecular complexity index is 795. The van der Waals surface area contributed by atoms with Crippen molar-refractivity contribution >= 4 is 23.1 Å². The van der Waals surface area contributed by atoms with Gasteiger partial charge in [0, 0.05) is 35.0 Å². The molecule has 0 bridgehead atoms. The van der Waals surface area contributed by atoms with Crippen LogP contribution in [0, 0.1) is 6.92 Å². The molecule has 0 aliphatic rings. The second kappa shape index (κ2) is 5.98. The molecule has 0 spiro atoms. The fourth-order valence-corrected chi connectivity index (χ4v) is 2.78. The number of carbonyl (C=O) groups is 1. The highest BCUT2D eigenvalue weighted by Gasteiger charge is 2.15. The van der Waals surface area contributed by atoms with Gasteiger partial charge in [-0.2, -0.15) is 5.10 Å². The number of nitrogens with one attached hydrogen (secondary N) is 2. The summed E-state index contributed by atoms with van der Waals surface area (Å²) < 4.78 is 5.08. The summed E-state index contributed by atoms with van der Waals surface area (Å²) in [6, 6.07) is 5.47. The molecule has 3 aromatic rings. The van der Waals surface area contributed by atoms with Gasteiger partial charge in [-0.05, 0) is 19.1 Å². The number of hydrogen-bond acceptors (Lipinski definition) is 5. The van der Waals surface area contributed by atoms with Gasteiger partial charge in [-0.25, -0.2) is 0 Å². The Morgan fingerprint density at radius 2 is 2.14 bits per heavy atom. The minimum Gasteiger partial charge on any atom is -0.496 e. The Labute approximate surface area is 131 Å². The molecule has 2 N–H and O–H groups in total. The fraction of sp³-hybridized carbons (Fsp3) is 0.133. The Kier molecular flexibility index (Phi) is 3.88. The van der Waals surface area contributed by atoms with E-state index in [1.807, 2.05) is 19.1 Å². The van der Waals surface area contributed by atoms with E-state index in [0.29, 0.717) is 16.4 Å². The summed E-state index contributed by atoms with van der Waals surface area (Å²) >= 11 is 1.33. The average Bonchev–Trinajstić information content (AvgIpc) is 3.16. The number of thiophene rings is 1. The number of aromatic nitrogens is 3. The number of rotatable bonds is 4. The average molecular weight is 314 g/mol. The monoisotopic (exact) mass is 314 g/mol. The van der Waals surface area contributed by atoms with E-state index in [2.05, 4.69) is 20.5 Å². The van der Waals surface area contributed by atoms with Crippen molar-refractivity contribution in [2.24, 2.45) is 0 Å². The summed E-state index contributed by atoms with van der Waals surface area (Å²) in [5.74, 6) is 0.986. The lowest BCUT2D eigenvalue weighted by molar-refractivity contribution is 0.103. The highest BCUT2D eigenvalue weighted by Crippen LogP contribution is 2.27. The lowest BCUT2D eigenvalue weighted by Crippen LogP contribution is -2.11. The maximum absolute atomic E-state index is 12.2. The smallest absolute Gasteiger partial charge is 0.267 e. The molecular weight excluding hydrogens is 300 g/mol. The van der Waals surface area contributed by atoms with Crippen LogP contribution >= 0.6 is 11.3 Å². The van der Waals surface area contributed by atoms with Crippen LogP contribution in [-0.4, -0.2) is 28.2 Å². The van der Waals surface area contributed by atoms with E-state index in [1.54, 1.807) is 30.9 Å². The first-order valence-electron chi connectivity index (χ1n) is 6.58. The fourth-order valence-electron chi connectivity index (χ4n) is 2.03. The van der Waals surface area contributed by atoms with Crippen molar-refractivity contribution in [2.75, 3.05) is 12.4 Å². The molecule has 1 amide bonds. The molecule has 0 atom stereocenters. The SMILES string of the molecule is COc1csc(C(=O)Nc2n[nH]c(-c3ccncc3)c2C)c1. The molecule has 0 radical (unpaired) electrons. The number of aromatic amines is 1. The molecule has 0 unspecified atom stereocenters. The summed E-state index contributed by atoms with van der Waals surface area (Å²) in [6.45, 7) is 1.91. The first-order valence-corrected chi connectivity index (χ1v) is 7.46. The van der Waals surface area contributed by atoms with Gasteiger partial charge in [0.15, 0.2) is 5.82 Å². The molecule has 7 heteroatoms. The van der Waals surface area contributed by atoms with Gasteiger partial charge < -0.3 is 10.1 Å². The molecule has 6 nitrogen and oxygen atoms in total. The van der Waals surface area contributed by atoms with E-state index in [1.165, 1.54) is 11.3 Å². The molecule has 0 fully saturated rings. The number of anilines is 1. The number of pyridine rings is 1. The van der Waals surface area contributed by atoms with E-state index >= 15 is 0 Å². The van der Waals surface area contributed by atoms with Crippen molar-refractivity contribution in [3.8, 4) is 17.0 Å². The summed E-state index contributed by atoms with van der Waals surface area (Å²) in [4.78, 5) is 16.8. The lowest BCUT2D eigenvalue weighted by atomic mass is 10.1. The molecule has 0 aliphatic heterocycles. The lowest BCUT2D eigenvalue weighted by Gasteiger charge is -2.02. The van der Waals surface area contributed by atoms with Crippen LogP contribution in [0.5, 0.6) is 5.75 Å². The second-order valence-corrected chi connectivity index (χ2v) is 5.52. The molecule has 3 rings (SSSR count). The number of ether oxygens (including phenoxy) is 1. The standard InChI is InChI=1S/C15H14N4O2S/c1-9-13(10-3-5-16-6-4-10)18-19-14(9)17-15(20)12-7-11(21-2)8-22-12/h3-8H,1-2H3,(H2,17,18,19,20). The minimum absolute atomic E-state index is 0.204. The minimum atomic E-state index is -0.204. The number of amides is 1. The molecule has 3 heterocycles. The number of carbonyl (C=O) groups excluding carboxylic acids is 1. The van der Waals surface area contributed by atoms with Crippen molar-refractivity contribution in [3.05, 3.63) is 46.4 Å². The largest absolute Gasteiger partial charge is 0.496 e. The summed E-state index contributed by atoms with van der Waals surface area (Å²) in [7, 11) is 1.57. The number of methoxy groups -OCH3 is 1. The zero-order valence-corrected chi connectivity index (χ0v) is 12.9. The van der Waals surface area contributed by atoms with Gasteiger partial charge in [-0.3, -0.25) is 14.9 Å². The predicted molar refractivity (Wildman–Crippen MR) is 85.4 cm³/mol. The maximum atomic E-state index is 12.2. The van der Waals surface area contributed by atoms with E-state index in [-0.39, 0.29) is 5.91 Å². The van der Waals surface area contributed by atoms with E-state index in [9.17, 15) is 4.79 Å². The van der Waals surface area contributed by atoms with Gasteiger partial charge in [0.1, 0.15) is 5.75 Å². The third-order valence-electron chi connectivity index (χ3n) is 3.25. The predicted octanol–water partition coefficient (Wildman–Crippen LogP) is 3.10. The van der Waals surface area contributed by atoms with Crippen LogP contribution < -0.4 is 10.1 Å². The van der Waals surface area contributed by atoms with Crippen LogP contribution in [0.15, 0.2) is 36.0 Å². The van der Waals surface area contributed by atoms with Crippen molar-refractivity contribution in [3.63, 3.8) is 0 Å². The number of H-pyrrole nitrogens is 1.